The molecule has 3 aromatic carbocycles. The Morgan fingerprint density at radius 3 is 2.11 bits per heavy atom. The van der Waals surface area contributed by atoms with Crippen LogP contribution in [0.5, 0.6) is 0 Å². The molecule has 37 heavy (non-hydrogen) atoms. The number of ether oxygens (including phenoxy) is 1. The lowest BCUT2D eigenvalue weighted by molar-refractivity contribution is 0.120. The fraction of sp³-hybridized carbons (Fsp3) is 0.294. The summed E-state index contributed by atoms with van der Waals surface area (Å²) in [7, 11) is -2.68. The van der Waals surface area contributed by atoms with Gasteiger partial charge >= 0.3 is 0 Å². The predicted molar refractivity (Wildman–Crippen MR) is 159 cm³/mol. The summed E-state index contributed by atoms with van der Waals surface area (Å²) in [6.45, 7) is 10.1. The molecule has 2 atom stereocenters. The Bertz CT molecular complexity index is 1130. The van der Waals surface area contributed by atoms with Crippen LogP contribution in [0.1, 0.15) is 45.1 Å². The minimum atomic E-state index is -2.68. The van der Waals surface area contributed by atoms with Crippen LogP contribution in [0.4, 0.5) is 0 Å². The van der Waals surface area contributed by atoms with Gasteiger partial charge in [-0.3, -0.25) is 0 Å². The molecule has 3 heteroatoms. The molecule has 0 bridgehead atoms. The standard InChI is InChI=1S/C34H40O2Si/c1-4-6-17-28(3)33(16-5-2)34-24-30(26-35-25-29-18-10-7-11-19-29)27-37(36-34,31-20-12-8-13-21-31)32-22-14-9-15-23-32/h5,7-16,18-23,27,33-34H,3-4,6,17,24-26H2,1-2H3/b16-5+/t33?,34-/m0/s1. The van der Waals surface area contributed by atoms with Gasteiger partial charge in [-0.15, -0.1) is 0 Å². The molecular weight excluding hydrogens is 468 g/mol. The normalized spacial score (nSPS) is 17.9. The monoisotopic (exact) mass is 508 g/mol. The van der Waals surface area contributed by atoms with Crippen molar-refractivity contribution >= 4 is 18.7 Å². The molecule has 1 aliphatic heterocycles. The molecule has 0 amide bonds. The number of hydrogen-bond donors (Lipinski definition) is 0. The van der Waals surface area contributed by atoms with Crippen LogP contribution in [0.25, 0.3) is 0 Å². The van der Waals surface area contributed by atoms with Gasteiger partial charge in [-0.25, -0.2) is 0 Å². The largest absolute Gasteiger partial charge is 0.400 e. The first-order valence-electron chi connectivity index (χ1n) is 13.6. The van der Waals surface area contributed by atoms with Crippen LogP contribution in [0, 0.1) is 5.92 Å². The Morgan fingerprint density at radius 2 is 1.54 bits per heavy atom. The van der Waals surface area contributed by atoms with Crippen LogP contribution < -0.4 is 10.4 Å². The maximum Gasteiger partial charge on any atom is 0.281 e. The fourth-order valence-electron chi connectivity index (χ4n) is 5.24. The van der Waals surface area contributed by atoms with Gasteiger partial charge in [0, 0.05) is 5.92 Å². The van der Waals surface area contributed by atoms with E-state index in [2.05, 4.69) is 123 Å². The zero-order chi connectivity index (χ0) is 25.9. The van der Waals surface area contributed by atoms with Gasteiger partial charge in [0.25, 0.3) is 8.32 Å². The second-order valence-corrected chi connectivity index (χ2v) is 13.1. The van der Waals surface area contributed by atoms with E-state index >= 15 is 0 Å². The van der Waals surface area contributed by atoms with Crippen molar-refractivity contribution < 1.29 is 9.16 Å². The first-order valence-corrected chi connectivity index (χ1v) is 15.6. The molecule has 0 aliphatic carbocycles. The molecule has 0 aromatic heterocycles. The van der Waals surface area contributed by atoms with E-state index in [0.29, 0.717) is 13.2 Å². The molecule has 1 aliphatic rings. The van der Waals surface area contributed by atoms with Gasteiger partial charge < -0.3 is 9.16 Å². The van der Waals surface area contributed by atoms with E-state index in [1.165, 1.54) is 27.1 Å². The van der Waals surface area contributed by atoms with Crippen LogP contribution in [-0.4, -0.2) is 21.0 Å². The van der Waals surface area contributed by atoms with Crippen LogP contribution in [-0.2, 0) is 15.8 Å². The lowest BCUT2D eigenvalue weighted by Crippen LogP contribution is -2.63. The summed E-state index contributed by atoms with van der Waals surface area (Å²) >= 11 is 0. The van der Waals surface area contributed by atoms with Crippen LogP contribution >= 0.6 is 0 Å². The average molecular weight is 509 g/mol. The Balaban J connectivity index is 1.73. The van der Waals surface area contributed by atoms with Crippen molar-refractivity contribution in [1.82, 2.24) is 0 Å². The maximum absolute atomic E-state index is 7.35. The molecule has 2 nitrogen and oxygen atoms in total. The molecule has 1 unspecified atom stereocenters. The summed E-state index contributed by atoms with van der Waals surface area (Å²) in [5.74, 6) is 0.175. The van der Waals surface area contributed by atoms with E-state index in [-0.39, 0.29) is 12.0 Å². The summed E-state index contributed by atoms with van der Waals surface area (Å²) < 4.78 is 13.6. The molecule has 0 saturated carbocycles. The van der Waals surface area contributed by atoms with Crippen LogP contribution in [0.2, 0.25) is 0 Å². The Kier molecular flexibility index (Phi) is 9.90. The summed E-state index contributed by atoms with van der Waals surface area (Å²) in [6, 6.07) is 32.0. The van der Waals surface area contributed by atoms with Crippen molar-refractivity contribution in [3.8, 4) is 0 Å². The molecule has 0 N–H and O–H groups in total. The molecule has 0 fully saturated rings. The maximum atomic E-state index is 7.35. The quantitative estimate of drug-likeness (QED) is 0.191. The minimum absolute atomic E-state index is 0.0213. The second kappa shape index (κ2) is 13.5. The molecule has 0 spiro atoms. The van der Waals surface area contributed by atoms with Crippen molar-refractivity contribution in [2.75, 3.05) is 6.61 Å². The number of hydrogen-bond acceptors (Lipinski definition) is 2. The van der Waals surface area contributed by atoms with Gasteiger partial charge in [0.15, 0.2) is 0 Å². The van der Waals surface area contributed by atoms with Gasteiger partial charge in [-0.05, 0) is 47.7 Å². The summed E-state index contributed by atoms with van der Waals surface area (Å²) in [5.41, 5.74) is 6.23. The molecule has 3 aromatic rings. The zero-order valence-electron chi connectivity index (χ0n) is 22.3. The molecular formula is C34H40O2Si. The van der Waals surface area contributed by atoms with Crippen molar-refractivity contribution in [2.45, 2.75) is 52.2 Å². The number of unbranched alkanes of at least 4 members (excludes halogenated alkanes) is 1. The highest BCUT2D eigenvalue weighted by molar-refractivity contribution is 7.01. The Labute approximate surface area is 224 Å². The van der Waals surface area contributed by atoms with Gasteiger partial charge in [0.05, 0.1) is 19.3 Å². The van der Waals surface area contributed by atoms with E-state index in [4.69, 9.17) is 9.16 Å². The third kappa shape index (κ3) is 6.87. The number of benzene rings is 3. The van der Waals surface area contributed by atoms with E-state index in [1.54, 1.807) is 0 Å². The highest BCUT2D eigenvalue weighted by Crippen LogP contribution is 2.34. The van der Waals surface area contributed by atoms with E-state index in [9.17, 15) is 0 Å². The third-order valence-corrected chi connectivity index (χ3v) is 11.0. The molecule has 0 radical (unpaired) electrons. The van der Waals surface area contributed by atoms with Crippen LogP contribution in [0.15, 0.2) is 127 Å². The summed E-state index contributed by atoms with van der Waals surface area (Å²) in [6.07, 6.45) is 8.67. The average Bonchev–Trinajstić information content (AvgIpc) is 2.96. The van der Waals surface area contributed by atoms with Gasteiger partial charge in [-0.1, -0.05) is 134 Å². The topological polar surface area (TPSA) is 18.5 Å². The van der Waals surface area contributed by atoms with Gasteiger partial charge in [0.2, 0.25) is 0 Å². The summed E-state index contributed by atoms with van der Waals surface area (Å²) in [4.78, 5) is 0. The third-order valence-electron chi connectivity index (χ3n) is 7.14. The van der Waals surface area contributed by atoms with E-state index < -0.39 is 8.32 Å². The Morgan fingerprint density at radius 1 is 0.946 bits per heavy atom. The fourth-order valence-corrected chi connectivity index (χ4v) is 9.10. The molecule has 1 heterocycles. The summed E-state index contributed by atoms with van der Waals surface area (Å²) in [5, 5.41) is 2.54. The lowest BCUT2D eigenvalue weighted by Gasteiger charge is -2.41. The highest BCUT2D eigenvalue weighted by atomic mass is 28.4. The Hall–Kier alpha value is -2.98. The number of rotatable bonds is 12. The van der Waals surface area contributed by atoms with Gasteiger partial charge in [-0.2, -0.15) is 0 Å². The van der Waals surface area contributed by atoms with Gasteiger partial charge in [0.1, 0.15) is 0 Å². The first-order chi connectivity index (χ1) is 18.2. The van der Waals surface area contributed by atoms with E-state index in [0.717, 1.165) is 25.7 Å². The number of allylic oxidation sites excluding steroid dienone is 1. The van der Waals surface area contributed by atoms with Crippen molar-refractivity contribution in [3.63, 3.8) is 0 Å². The smallest absolute Gasteiger partial charge is 0.281 e. The SMILES string of the molecule is C=C(CCCC)C(/C=C/C)[C@@H]1CC(COCc2ccccc2)=C[Si](c2ccccc2)(c2ccccc2)O1. The van der Waals surface area contributed by atoms with Crippen molar-refractivity contribution in [2.24, 2.45) is 5.92 Å². The minimum Gasteiger partial charge on any atom is -0.400 e. The molecule has 192 valence electrons. The lowest BCUT2D eigenvalue weighted by atomic mass is 9.87. The highest BCUT2D eigenvalue weighted by Gasteiger charge is 2.45. The van der Waals surface area contributed by atoms with Crippen molar-refractivity contribution in [3.05, 3.63) is 132 Å². The van der Waals surface area contributed by atoms with Crippen LogP contribution in [0.3, 0.4) is 0 Å². The molecule has 4 rings (SSSR count). The van der Waals surface area contributed by atoms with Crippen molar-refractivity contribution in [1.29, 1.82) is 0 Å². The first kappa shape index (κ1) is 27.1. The predicted octanol–water partition coefficient (Wildman–Crippen LogP) is 7.16. The van der Waals surface area contributed by atoms with E-state index in [1.807, 2.05) is 6.07 Å². The molecule has 0 saturated heterocycles. The second-order valence-electron chi connectivity index (χ2n) is 9.92. The zero-order valence-corrected chi connectivity index (χ0v) is 23.3.